The summed E-state index contributed by atoms with van der Waals surface area (Å²) in [6.07, 6.45) is 3.07. The van der Waals surface area contributed by atoms with Gasteiger partial charge in [-0.2, -0.15) is 0 Å². The predicted molar refractivity (Wildman–Crippen MR) is 113 cm³/mol. The van der Waals surface area contributed by atoms with Crippen molar-refractivity contribution in [3.05, 3.63) is 23.2 Å². The number of carbonyl (C=O) groups is 1. The molecule has 0 saturated carbocycles. The Balaban J connectivity index is 1.79. The van der Waals surface area contributed by atoms with Crippen LogP contribution >= 0.6 is 22.9 Å². The van der Waals surface area contributed by atoms with Gasteiger partial charge in [0.1, 0.15) is 5.60 Å². The minimum Gasteiger partial charge on any atom is -0.444 e. The van der Waals surface area contributed by atoms with E-state index in [1.165, 1.54) is 0 Å². The predicted octanol–water partition coefficient (Wildman–Crippen LogP) is 5.57. The summed E-state index contributed by atoms with van der Waals surface area (Å²) in [5.41, 5.74) is 0.502. The number of aromatic nitrogens is 1. The number of rotatable bonds is 4. The van der Waals surface area contributed by atoms with Crippen LogP contribution < -0.4 is 4.90 Å². The van der Waals surface area contributed by atoms with Gasteiger partial charge in [0.15, 0.2) is 5.13 Å². The van der Waals surface area contributed by atoms with Gasteiger partial charge in [0.25, 0.3) is 0 Å². The first-order valence-corrected chi connectivity index (χ1v) is 10.8. The van der Waals surface area contributed by atoms with E-state index in [0.29, 0.717) is 13.1 Å². The van der Waals surface area contributed by atoms with Gasteiger partial charge in [0, 0.05) is 30.7 Å². The smallest absolute Gasteiger partial charge is 0.410 e. The molecule has 1 aliphatic heterocycles. The monoisotopic (exact) mass is 409 g/mol. The molecule has 0 aliphatic carbocycles. The number of unbranched alkanes of at least 4 members (excludes halogenated alkanes) is 1. The van der Waals surface area contributed by atoms with Gasteiger partial charge in [-0.15, -0.1) is 0 Å². The molecule has 0 spiro atoms. The highest BCUT2D eigenvalue weighted by Gasteiger charge is 2.33. The SMILES string of the molecule is CCCC[C@@H]1CN(C(=O)OC(C)(C)C)CCN1c1nc2ccc(Cl)cc2s1. The number of amides is 1. The molecule has 0 N–H and O–H groups in total. The largest absolute Gasteiger partial charge is 0.444 e. The highest BCUT2D eigenvalue weighted by molar-refractivity contribution is 7.22. The molecular formula is C20H28ClN3O2S. The third-order valence-electron chi connectivity index (χ3n) is 4.61. The Kier molecular flexibility index (Phi) is 6.16. The molecule has 1 amide bonds. The number of thiazole rings is 1. The van der Waals surface area contributed by atoms with Crippen molar-refractivity contribution in [3.63, 3.8) is 0 Å². The third-order valence-corrected chi connectivity index (χ3v) is 5.90. The van der Waals surface area contributed by atoms with Crippen molar-refractivity contribution < 1.29 is 9.53 Å². The molecule has 0 radical (unpaired) electrons. The first kappa shape index (κ1) is 20.2. The molecule has 1 atom stereocenters. The van der Waals surface area contributed by atoms with Crippen molar-refractivity contribution in [2.45, 2.75) is 58.6 Å². The van der Waals surface area contributed by atoms with Crippen LogP contribution in [-0.4, -0.2) is 47.3 Å². The molecular weight excluding hydrogens is 382 g/mol. The zero-order valence-electron chi connectivity index (χ0n) is 16.5. The Bertz CT molecular complexity index is 802. The van der Waals surface area contributed by atoms with Crippen LogP contribution in [0.15, 0.2) is 18.2 Å². The number of hydrogen-bond acceptors (Lipinski definition) is 5. The molecule has 1 fully saturated rings. The summed E-state index contributed by atoms with van der Waals surface area (Å²) in [6, 6.07) is 6.07. The summed E-state index contributed by atoms with van der Waals surface area (Å²) in [5.74, 6) is 0. The van der Waals surface area contributed by atoms with Gasteiger partial charge >= 0.3 is 6.09 Å². The van der Waals surface area contributed by atoms with E-state index in [1.54, 1.807) is 11.3 Å². The van der Waals surface area contributed by atoms with Gasteiger partial charge in [-0.3, -0.25) is 0 Å². The van der Waals surface area contributed by atoms with Gasteiger partial charge in [0.2, 0.25) is 0 Å². The van der Waals surface area contributed by atoms with E-state index in [4.69, 9.17) is 21.3 Å². The zero-order chi connectivity index (χ0) is 19.6. The molecule has 3 rings (SSSR count). The molecule has 2 heterocycles. The van der Waals surface area contributed by atoms with Crippen molar-refractivity contribution >= 4 is 44.4 Å². The number of ether oxygens (including phenoxy) is 1. The Hall–Kier alpha value is -1.53. The fourth-order valence-corrected chi connectivity index (χ4v) is 4.63. The number of hydrogen-bond donors (Lipinski definition) is 0. The molecule has 0 bridgehead atoms. The molecule has 1 aromatic carbocycles. The van der Waals surface area contributed by atoms with Crippen molar-refractivity contribution in [1.82, 2.24) is 9.88 Å². The van der Waals surface area contributed by atoms with E-state index in [0.717, 1.165) is 46.2 Å². The maximum Gasteiger partial charge on any atom is 0.410 e. The number of fused-ring (bicyclic) bond motifs is 1. The van der Waals surface area contributed by atoms with Gasteiger partial charge in [-0.25, -0.2) is 9.78 Å². The minimum absolute atomic E-state index is 0.222. The summed E-state index contributed by atoms with van der Waals surface area (Å²) in [5, 5.41) is 1.74. The van der Waals surface area contributed by atoms with Crippen LogP contribution in [0.5, 0.6) is 0 Å². The first-order chi connectivity index (χ1) is 12.8. The number of anilines is 1. The number of halogens is 1. The third kappa shape index (κ3) is 5.05. The number of carbonyl (C=O) groups excluding carboxylic acids is 1. The average molecular weight is 410 g/mol. The fraction of sp³-hybridized carbons (Fsp3) is 0.600. The van der Waals surface area contributed by atoms with E-state index >= 15 is 0 Å². The summed E-state index contributed by atoms with van der Waals surface area (Å²) in [4.78, 5) is 21.5. The molecule has 7 heteroatoms. The van der Waals surface area contributed by atoms with Gasteiger partial charge in [-0.05, 0) is 45.4 Å². The van der Waals surface area contributed by atoms with E-state index in [9.17, 15) is 4.79 Å². The van der Waals surface area contributed by atoms with Crippen molar-refractivity contribution in [2.75, 3.05) is 24.5 Å². The van der Waals surface area contributed by atoms with Crippen molar-refractivity contribution in [3.8, 4) is 0 Å². The maximum absolute atomic E-state index is 12.5. The summed E-state index contributed by atoms with van der Waals surface area (Å²) in [7, 11) is 0. The highest BCUT2D eigenvalue weighted by atomic mass is 35.5. The molecule has 27 heavy (non-hydrogen) atoms. The molecule has 1 aliphatic rings. The van der Waals surface area contributed by atoms with E-state index in [-0.39, 0.29) is 12.1 Å². The minimum atomic E-state index is -0.473. The van der Waals surface area contributed by atoms with Crippen molar-refractivity contribution in [2.24, 2.45) is 0 Å². The van der Waals surface area contributed by atoms with Crippen molar-refractivity contribution in [1.29, 1.82) is 0 Å². The summed E-state index contributed by atoms with van der Waals surface area (Å²) >= 11 is 7.80. The van der Waals surface area contributed by atoms with E-state index in [1.807, 2.05) is 43.9 Å². The number of benzene rings is 1. The standard InChI is InChI=1S/C20H28ClN3O2S/c1-5-6-7-15-13-23(19(25)26-20(2,3)4)10-11-24(15)18-22-16-9-8-14(21)12-17(16)27-18/h8-9,12,15H,5-7,10-11,13H2,1-4H3/t15-/m1/s1. The Morgan fingerprint density at radius 2 is 2.15 bits per heavy atom. The second kappa shape index (κ2) is 8.23. The molecule has 148 valence electrons. The van der Waals surface area contributed by atoms with Crippen LogP contribution in [0.4, 0.5) is 9.93 Å². The second-order valence-electron chi connectivity index (χ2n) is 8.02. The molecule has 1 aromatic heterocycles. The molecule has 0 unspecified atom stereocenters. The summed E-state index contributed by atoms with van der Waals surface area (Å²) in [6.45, 7) is 9.99. The Labute approximate surface area is 170 Å². The number of nitrogens with zero attached hydrogens (tertiary/aromatic N) is 3. The van der Waals surface area contributed by atoms with Gasteiger partial charge < -0.3 is 14.5 Å². The van der Waals surface area contributed by atoms with Crippen LogP contribution in [-0.2, 0) is 4.74 Å². The van der Waals surface area contributed by atoms with Crippen LogP contribution in [0.3, 0.4) is 0 Å². The van der Waals surface area contributed by atoms with E-state index < -0.39 is 5.60 Å². The summed E-state index contributed by atoms with van der Waals surface area (Å²) < 4.78 is 6.67. The van der Waals surface area contributed by atoms with Crippen LogP contribution in [0.25, 0.3) is 10.2 Å². The zero-order valence-corrected chi connectivity index (χ0v) is 18.1. The average Bonchev–Trinajstić information content (AvgIpc) is 3.01. The fourth-order valence-electron chi connectivity index (χ4n) is 3.30. The van der Waals surface area contributed by atoms with Gasteiger partial charge in [-0.1, -0.05) is 42.7 Å². The normalized spacial score (nSPS) is 18.2. The highest BCUT2D eigenvalue weighted by Crippen LogP contribution is 2.33. The van der Waals surface area contributed by atoms with E-state index in [2.05, 4.69) is 11.8 Å². The lowest BCUT2D eigenvalue weighted by molar-refractivity contribution is 0.0211. The second-order valence-corrected chi connectivity index (χ2v) is 9.47. The first-order valence-electron chi connectivity index (χ1n) is 9.57. The Morgan fingerprint density at radius 1 is 1.37 bits per heavy atom. The Morgan fingerprint density at radius 3 is 2.85 bits per heavy atom. The molecule has 1 saturated heterocycles. The number of piperazine rings is 1. The maximum atomic E-state index is 12.5. The lowest BCUT2D eigenvalue weighted by Gasteiger charge is -2.41. The lowest BCUT2D eigenvalue weighted by Crippen LogP contribution is -2.55. The topological polar surface area (TPSA) is 45.7 Å². The molecule has 5 nitrogen and oxygen atoms in total. The lowest BCUT2D eigenvalue weighted by atomic mass is 10.1. The van der Waals surface area contributed by atoms with Gasteiger partial charge in [0.05, 0.1) is 10.2 Å². The van der Waals surface area contributed by atoms with Crippen LogP contribution in [0, 0.1) is 0 Å². The quantitative estimate of drug-likeness (QED) is 0.662. The molecule has 2 aromatic rings. The van der Waals surface area contributed by atoms with Crippen LogP contribution in [0.1, 0.15) is 47.0 Å². The van der Waals surface area contributed by atoms with Crippen LogP contribution in [0.2, 0.25) is 5.02 Å².